The lowest BCUT2D eigenvalue weighted by Crippen LogP contribution is -2.25. The zero-order valence-electron chi connectivity index (χ0n) is 17.7. The number of hydrogen-bond acceptors (Lipinski definition) is 5. The molecule has 6 heteroatoms. The van der Waals surface area contributed by atoms with Crippen molar-refractivity contribution < 1.29 is 19.1 Å². The molecular formula is C24H26N2O4. The van der Waals surface area contributed by atoms with Gasteiger partial charge in [-0.25, -0.2) is 4.68 Å². The van der Waals surface area contributed by atoms with E-state index in [1.807, 2.05) is 55.8 Å². The van der Waals surface area contributed by atoms with Crippen molar-refractivity contribution in [2.75, 3.05) is 6.61 Å². The van der Waals surface area contributed by atoms with Gasteiger partial charge in [-0.05, 0) is 64.1 Å². The average Bonchev–Trinajstić information content (AvgIpc) is 3.03. The highest BCUT2D eigenvalue weighted by molar-refractivity contribution is 6.00. The fraction of sp³-hybridized carbons (Fsp3) is 0.292. The van der Waals surface area contributed by atoms with Crippen molar-refractivity contribution >= 4 is 11.8 Å². The predicted octanol–water partition coefficient (Wildman–Crippen LogP) is 4.24. The van der Waals surface area contributed by atoms with Crippen molar-refractivity contribution in [1.29, 1.82) is 0 Å². The van der Waals surface area contributed by atoms with Gasteiger partial charge >= 0.3 is 5.97 Å². The second kappa shape index (κ2) is 9.39. The van der Waals surface area contributed by atoms with E-state index in [4.69, 9.17) is 9.47 Å². The lowest BCUT2D eigenvalue weighted by atomic mass is 10.1. The van der Waals surface area contributed by atoms with Gasteiger partial charge in [0.25, 0.3) is 0 Å². The Kier molecular flexibility index (Phi) is 6.67. The highest BCUT2D eigenvalue weighted by Crippen LogP contribution is 2.19. The molecule has 0 aliphatic heterocycles. The Hall–Kier alpha value is -3.41. The number of nitrogens with zero attached hydrogens (tertiary/aromatic N) is 2. The van der Waals surface area contributed by atoms with Gasteiger partial charge in [-0.1, -0.05) is 18.2 Å². The van der Waals surface area contributed by atoms with Gasteiger partial charge in [0.15, 0.2) is 6.10 Å². The molecule has 30 heavy (non-hydrogen) atoms. The average molecular weight is 406 g/mol. The first-order chi connectivity index (χ1) is 14.4. The maximum Gasteiger partial charge on any atom is 0.311 e. The molecule has 0 saturated carbocycles. The summed E-state index contributed by atoms with van der Waals surface area (Å²) in [6, 6.07) is 16.5. The summed E-state index contributed by atoms with van der Waals surface area (Å²) in [6.45, 7) is 7.83. The Labute approximate surface area is 176 Å². The van der Waals surface area contributed by atoms with E-state index in [2.05, 4.69) is 5.10 Å². The normalized spacial score (nSPS) is 11.7. The van der Waals surface area contributed by atoms with Gasteiger partial charge in [-0.15, -0.1) is 0 Å². The molecule has 156 valence electrons. The van der Waals surface area contributed by atoms with Crippen molar-refractivity contribution in [3.63, 3.8) is 0 Å². The molecule has 0 unspecified atom stereocenters. The van der Waals surface area contributed by atoms with Gasteiger partial charge in [0.2, 0.25) is 5.78 Å². The number of ketones is 1. The van der Waals surface area contributed by atoms with Crippen LogP contribution in [0.5, 0.6) is 5.75 Å². The van der Waals surface area contributed by atoms with Crippen molar-refractivity contribution in [3.05, 3.63) is 77.1 Å². The van der Waals surface area contributed by atoms with Gasteiger partial charge in [0.1, 0.15) is 5.75 Å². The lowest BCUT2D eigenvalue weighted by Gasteiger charge is -2.13. The van der Waals surface area contributed by atoms with E-state index in [0.29, 0.717) is 17.9 Å². The molecule has 3 rings (SSSR count). The van der Waals surface area contributed by atoms with E-state index in [9.17, 15) is 9.59 Å². The van der Waals surface area contributed by atoms with Gasteiger partial charge in [0.05, 0.1) is 24.4 Å². The Balaban J connectivity index is 1.66. The molecule has 0 radical (unpaired) electrons. The lowest BCUT2D eigenvalue weighted by molar-refractivity contribution is -0.145. The molecule has 1 heterocycles. The van der Waals surface area contributed by atoms with Crippen LogP contribution >= 0.6 is 0 Å². The topological polar surface area (TPSA) is 70.4 Å². The molecule has 3 aromatic rings. The molecule has 0 fully saturated rings. The third-order valence-electron chi connectivity index (χ3n) is 4.89. The summed E-state index contributed by atoms with van der Waals surface area (Å²) >= 11 is 0. The van der Waals surface area contributed by atoms with Crippen LogP contribution < -0.4 is 4.74 Å². The monoisotopic (exact) mass is 406 g/mol. The van der Waals surface area contributed by atoms with Gasteiger partial charge < -0.3 is 9.47 Å². The van der Waals surface area contributed by atoms with Crippen LogP contribution in [0.1, 0.15) is 41.2 Å². The van der Waals surface area contributed by atoms with E-state index in [1.165, 1.54) is 0 Å². The Morgan fingerprint density at radius 2 is 1.70 bits per heavy atom. The minimum atomic E-state index is -0.875. The third kappa shape index (κ3) is 4.76. The quantitative estimate of drug-likeness (QED) is 0.413. The van der Waals surface area contributed by atoms with E-state index in [1.54, 1.807) is 31.2 Å². The number of benzene rings is 2. The number of aromatic nitrogens is 2. The summed E-state index contributed by atoms with van der Waals surface area (Å²) in [5.41, 5.74) is 3.85. The smallest absolute Gasteiger partial charge is 0.311 e. The molecule has 0 aliphatic carbocycles. The summed E-state index contributed by atoms with van der Waals surface area (Å²) in [6.07, 6.45) is -0.814. The minimum Gasteiger partial charge on any atom is -0.494 e. The highest BCUT2D eigenvalue weighted by atomic mass is 16.5. The first kappa shape index (κ1) is 21.3. The molecular weight excluding hydrogens is 380 g/mol. The van der Waals surface area contributed by atoms with Gasteiger partial charge in [-0.2, -0.15) is 5.10 Å². The predicted molar refractivity (Wildman–Crippen MR) is 114 cm³/mol. The number of ether oxygens (including phenoxy) is 2. The van der Waals surface area contributed by atoms with Gasteiger partial charge in [0, 0.05) is 16.8 Å². The van der Waals surface area contributed by atoms with Crippen molar-refractivity contribution in [2.24, 2.45) is 0 Å². The van der Waals surface area contributed by atoms with E-state index in [-0.39, 0.29) is 12.2 Å². The van der Waals surface area contributed by atoms with E-state index in [0.717, 1.165) is 22.6 Å². The van der Waals surface area contributed by atoms with E-state index >= 15 is 0 Å². The Morgan fingerprint density at radius 1 is 1.03 bits per heavy atom. The number of carbonyl (C=O) groups is 2. The third-order valence-corrected chi connectivity index (χ3v) is 4.89. The molecule has 0 bridgehead atoms. The fourth-order valence-electron chi connectivity index (χ4n) is 3.30. The highest BCUT2D eigenvalue weighted by Gasteiger charge is 2.22. The van der Waals surface area contributed by atoms with Crippen LogP contribution in [0.4, 0.5) is 0 Å². The number of Topliss-reactive ketones (excluding diaryl/α,β-unsaturated/α-hetero) is 1. The number of para-hydroxylation sites is 1. The number of hydrogen-bond donors (Lipinski definition) is 0. The molecule has 0 aliphatic rings. The zero-order chi connectivity index (χ0) is 21.7. The molecule has 0 N–H and O–H groups in total. The molecule has 1 aromatic heterocycles. The van der Waals surface area contributed by atoms with Crippen molar-refractivity contribution in [3.8, 4) is 11.4 Å². The molecule has 6 nitrogen and oxygen atoms in total. The second-order valence-corrected chi connectivity index (χ2v) is 7.03. The van der Waals surface area contributed by atoms with Crippen LogP contribution in [0.3, 0.4) is 0 Å². The standard InChI is InChI=1S/C24H26N2O4/c1-5-29-21-13-11-19(12-14-21)24(28)18(4)30-23(27)15-22-16(2)25-26(17(22)3)20-9-7-6-8-10-20/h6-14,18H,5,15H2,1-4H3/t18-/m1/s1. The van der Waals surface area contributed by atoms with Crippen LogP contribution in [-0.4, -0.2) is 34.2 Å². The fourth-order valence-corrected chi connectivity index (χ4v) is 3.30. The Morgan fingerprint density at radius 3 is 2.33 bits per heavy atom. The molecule has 1 atom stereocenters. The number of carbonyl (C=O) groups excluding carboxylic acids is 2. The maximum atomic E-state index is 12.6. The number of aryl methyl sites for hydroxylation is 1. The molecule has 2 aromatic carbocycles. The largest absolute Gasteiger partial charge is 0.494 e. The summed E-state index contributed by atoms with van der Waals surface area (Å²) in [5, 5.41) is 4.55. The minimum absolute atomic E-state index is 0.0609. The molecule has 0 amide bonds. The van der Waals surface area contributed by atoms with Crippen LogP contribution in [0.25, 0.3) is 5.69 Å². The first-order valence-electron chi connectivity index (χ1n) is 9.97. The zero-order valence-corrected chi connectivity index (χ0v) is 17.7. The second-order valence-electron chi connectivity index (χ2n) is 7.03. The molecule has 0 saturated heterocycles. The van der Waals surface area contributed by atoms with Gasteiger partial charge in [-0.3, -0.25) is 9.59 Å². The SMILES string of the molecule is CCOc1ccc(C(=O)[C@@H](C)OC(=O)Cc2c(C)nn(-c3ccccc3)c2C)cc1. The number of rotatable bonds is 8. The van der Waals surface area contributed by atoms with Crippen molar-refractivity contribution in [1.82, 2.24) is 9.78 Å². The first-order valence-corrected chi connectivity index (χ1v) is 9.97. The summed E-state index contributed by atoms with van der Waals surface area (Å²) < 4.78 is 12.6. The van der Waals surface area contributed by atoms with Crippen LogP contribution in [0.2, 0.25) is 0 Å². The maximum absolute atomic E-state index is 12.6. The van der Waals surface area contributed by atoms with E-state index < -0.39 is 12.1 Å². The van der Waals surface area contributed by atoms with Crippen molar-refractivity contribution in [2.45, 2.75) is 40.2 Å². The van der Waals surface area contributed by atoms with Crippen LogP contribution in [-0.2, 0) is 16.0 Å². The summed E-state index contributed by atoms with van der Waals surface area (Å²) in [4.78, 5) is 25.1. The number of esters is 1. The molecule has 0 spiro atoms. The Bertz CT molecular complexity index is 1020. The van der Waals surface area contributed by atoms with Crippen LogP contribution in [0.15, 0.2) is 54.6 Å². The van der Waals surface area contributed by atoms with Crippen LogP contribution in [0, 0.1) is 13.8 Å². The summed E-state index contributed by atoms with van der Waals surface area (Å²) in [7, 11) is 0. The summed E-state index contributed by atoms with van der Waals surface area (Å²) in [5.74, 6) is -0.0134.